The molecule has 0 atom stereocenters. The third kappa shape index (κ3) is 2.34. The van der Waals surface area contributed by atoms with E-state index in [4.69, 9.17) is 4.42 Å². The van der Waals surface area contributed by atoms with Gasteiger partial charge in [0.2, 0.25) is 5.91 Å². The summed E-state index contributed by atoms with van der Waals surface area (Å²) in [5.41, 5.74) is 3.28. The molecule has 0 bridgehead atoms. The molecule has 0 saturated carbocycles. The van der Waals surface area contributed by atoms with Gasteiger partial charge in [0, 0.05) is 12.2 Å². The number of para-hydroxylation sites is 3. The second-order valence-electron chi connectivity index (χ2n) is 5.70. The van der Waals surface area contributed by atoms with E-state index in [1.807, 2.05) is 30.3 Å². The Hall–Kier alpha value is -2.82. The van der Waals surface area contributed by atoms with Crippen LogP contribution in [0.4, 0.5) is 5.69 Å². The highest BCUT2D eigenvalue weighted by atomic mass is 16.4. The second-order valence-corrected chi connectivity index (χ2v) is 5.70. The van der Waals surface area contributed by atoms with Crippen molar-refractivity contribution in [2.45, 2.75) is 19.4 Å². The maximum absolute atomic E-state index is 12.7. The maximum atomic E-state index is 12.7. The van der Waals surface area contributed by atoms with E-state index in [0.717, 1.165) is 18.5 Å². The summed E-state index contributed by atoms with van der Waals surface area (Å²) in [7, 11) is 0. The first-order chi connectivity index (χ1) is 11.2. The van der Waals surface area contributed by atoms with Crippen molar-refractivity contribution in [1.29, 1.82) is 0 Å². The van der Waals surface area contributed by atoms with Gasteiger partial charge in [0.1, 0.15) is 6.54 Å². The lowest BCUT2D eigenvalue weighted by Gasteiger charge is -2.29. The molecule has 0 fully saturated rings. The van der Waals surface area contributed by atoms with Gasteiger partial charge in [-0.2, -0.15) is 0 Å². The number of benzene rings is 2. The Balaban J connectivity index is 1.68. The summed E-state index contributed by atoms with van der Waals surface area (Å²) in [6.45, 7) is 0.671. The molecular weight excluding hydrogens is 292 g/mol. The Bertz CT molecular complexity index is 939. The highest BCUT2D eigenvalue weighted by Crippen LogP contribution is 2.27. The molecule has 0 radical (unpaired) electrons. The van der Waals surface area contributed by atoms with Crippen molar-refractivity contribution in [2.24, 2.45) is 0 Å². The van der Waals surface area contributed by atoms with Crippen LogP contribution >= 0.6 is 0 Å². The first kappa shape index (κ1) is 13.8. The summed E-state index contributed by atoms with van der Waals surface area (Å²) in [5.74, 6) is -0.587. The minimum absolute atomic E-state index is 0.00974. The van der Waals surface area contributed by atoms with Crippen molar-refractivity contribution in [3.8, 4) is 0 Å². The molecule has 3 aromatic rings. The van der Waals surface area contributed by atoms with Gasteiger partial charge in [0.25, 0.3) is 0 Å². The zero-order valence-corrected chi connectivity index (χ0v) is 12.6. The summed E-state index contributed by atoms with van der Waals surface area (Å²) in [6, 6.07) is 15.1. The molecule has 5 nitrogen and oxygen atoms in total. The second kappa shape index (κ2) is 5.43. The van der Waals surface area contributed by atoms with E-state index in [0.29, 0.717) is 17.6 Å². The highest BCUT2D eigenvalue weighted by Gasteiger charge is 2.23. The molecule has 23 heavy (non-hydrogen) atoms. The van der Waals surface area contributed by atoms with Crippen LogP contribution in [0, 0.1) is 0 Å². The number of hydrogen-bond donors (Lipinski definition) is 0. The molecule has 116 valence electrons. The molecule has 4 rings (SSSR count). The van der Waals surface area contributed by atoms with Crippen LogP contribution < -0.4 is 10.7 Å². The van der Waals surface area contributed by atoms with E-state index >= 15 is 0 Å². The van der Waals surface area contributed by atoms with E-state index in [1.165, 1.54) is 10.1 Å². The van der Waals surface area contributed by atoms with Gasteiger partial charge in [-0.05, 0) is 36.6 Å². The van der Waals surface area contributed by atoms with Crippen LogP contribution in [-0.2, 0) is 17.8 Å². The lowest BCUT2D eigenvalue weighted by Crippen LogP contribution is -2.39. The topological polar surface area (TPSA) is 55.5 Å². The summed E-state index contributed by atoms with van der Waals surface area (Å²) < 4.78 is 6.59. The Morgan fingerprint density at radius 1 is 1.09 bits per heavy atom. The number of oxazole rings is 1. The Morgan fingerprint density at radius 3 is 2.78 bits per heavy atom. The number of carbonyl (C=O) groups is 1. The molecule has 0 unspecified atom stereocenters. The minimum Gasteiger partial charge on any atom is -0.408 e. The van der Waals surface area contributed by atoms with Crippen molar-refractivity contribution in [3.63, 3.8) is 0 Å². The standard InChI is InChI=1S/C18H16N2O3/c21-17(19-11-5-7-13-6-1-2-8-14(13)19)12-20-15-9-3-4-10-16(15)23-18(20)22/h1-4,6,8-10H,5,7,11-12H2. The molecule has 2 aromatic carbocycles. The molecule has 1 aromatic heterocycles. The van der Waals surface area contributed by atoms with E-state index in [1.54, 1.807) is 23.1 Å². The third-order valence-corrected chi connectivity index (χ3v) is 4.28. The summed E-state index contributed by atoms with van der Waals surface area (Å²) in [6.07, 6.45) is 1.92. The molecule has 1 amide bonds. The molecule has 0 saturated heterocycles. The Labute approximate surface area is 132 Å². The lowest BCUT2D eigenvalue weighted by molar-refractivity contribution is -0.119. The largest absolute Gasteiger partial charge is 0.420 e. The smallest absolute Gasteiger partial charge is 0.408 e. The average molecular weight is 308 g/mol. The van der Waals surface area contributed by atoms with Gasteiger partial charge < -0.3 is 9.32 Å². The van der Waals surface area contributed by atoms with E-state index in [-0.39, 0.29) is 12.5 Å². The van der Waals surface area contributed by atoms with Crippen LogP contribution in [0.1, 0.15) is 12.0 Å². The minimum atomic E-state index is -0.496. The van der Waals surface area contributed by atoms with Crippen LogP contribution in [0.15, 0.2) is 57.7 Å². The summed E-state index contributed by atoms with van der Waals surface area (Å²) >= 11 is 0. The number of carbonyl (C=O) groups excluding carboxylic acids is 1. The lowest BCUT2D eigenvalue weighted by atomic mass is 10.0. The van der Waals surface area contributed by atoms with Crippen LogP contribution in [0.5, 0.6) is 0 Å². The Morgan fingerprint density at radius 2 is 1.87 bits per heavy atom. The Kier molecular flexibility index (Phi) is 3.26. The molecule has 1 aliphatic heterocycles. The molecule has 2 heterocycles. The first-order valence-corrected chi connectivity index (χ1v) is 7.71. The van der Waals surface area contributed by atoms with Gasteiger partial charge in [0.15, 0.2) is 5.58 Å². The van der Waals surface area contributed by atoms with Crippen molar-refractivity contribution >= 4 is 22.7 Å². The number of anilines is 1. The SMILES string of the molecule is O=C(Cn1c(=O)oc2ccccc21)N1CCCc2ccccc21. The van der Waals surface area contributed by atoms with Crippen molar-refractivity contribution in [1.82, 2.24) is 4.57 Å². The van der Waals surface area contributed by atoms with E-state index in [2.05, 4.69) is 0 Å². The van der Waals surface area contributed by atoms with Gasteiger partial charge in [-0.15, -0.1) is 0 Å². The monoisotopic (exact) mass is 308 g/mol. The van der Waals surface area contributed by atoms with Crippen molar-refractivity contribution < 1.29 is 9.21 Å². The van der Waals surface area contributed by atoms with Crippen molar-refractivity contribution in [2.75, 3.05) is 11.4 Å². The van der Waals surface area contributed by atoms with Gasteiger partial charge in [-0.25, -0.2) is 4.79 Å². The van der Waals surface area contributed by atoms with Crippen LogP contribution in [0.3, 0.4) is 0 Å². The summed E-state index contributed by atoms with van der Waals surface area (Å²) in [5, 5.41) is 0. The predicted octanol–water partition coefficient (Wildman–Crippen LogP) is 2.57. The molecule has 5 heteroatoms. The molecule has 0 spiro atoms. The summed E-state index contributed by atoms with van der Waals surface area (Å²) in [4.78, 5) is 26.5. The quantitative estimate of drug-likeness (QED) is 0.731. The molecular formula is C18H16N2O3. The number of amides is 1. The first-order valence-electron chi connectivity index (χ1n) is 7.71. The zero-order valence-electron chi connectivity index (χ0n) is 12.6. The number of hydrogen-bond acceptors (Lipinski definition) is 3. The molecule has 1 aliphatic rings. The van der Waals surface area contributed by atoms with Crippen LogP contribution in [0.2, 0.25) is 0 Å². The van der Waals surface area contributed by atoms with E-state index < -0.39 is 5.76 Å². The third-order valence-electron chi connectivity index (χ3n) is 4.28. The zero-order chi connectivity index (χ0) is 15.8. The number of rotatable bonds is 2. The number of nitrogens with zero attached hydrogens (tertiary/aromatic N) is 2. The van der Waals surface area contributed by atoms with Gasteiger partial charge in [-0.1, -0.05) is 30.3 Å². The van der Waals surface area contributed by atoms with Gasteiger partial charge >= 0.3 is 5.76 Å². The van der Waals surface area contributed by atoms with E-state index in [9.17, 15) is 9.59 Å². The van der Waals surface area contributed by atoms with Crippen molar-refractivity contribution in [3.05, 3.63) is 64.6 Å². The predicted molar refractivity (Wildman–Crippen MR) is 87.6 cm³/mol. The molecule has 0 aliphatic carbocycles. The average Bonchev–Trinajstić information content (AvgIpc) is 2.90. The van der Waals surface area contributed by atoms with Gasteiger partial charge in [0.05, 0.1) is 5.52 Å². The number of fused-ring (bicyclic) bond motifs is 2. The molecule has 0 N–H and O–H groups in total. The van der Waals surface area contributed by atoms with Crippen LogP contribution in [0.25, 0.3) is 11.1 Å². The highest BCUT2D eigenvalue weighted by molar-refractivity contribution is 5.95. The number of aryl methyl sites for hydroxylation is 1. The fourth-order valence-electron chi connectivity index (χ4n) is 3.18. The normalized spacial score (nSPS) is 14.0. The maximum Gasteiger partial charge on any atom is 0.420 e. The fraction of sp³-hybridized carbons (Fsp3) is 0.222. The van der Waals surface area contributed by atoms with Crippen LogP contribution in [-0.4, -0.2) is 17.0 Å². The fourth-order valence-corrected chi connectivity index (χ4v) is 3.18. The number of aromatic nitrogens is 1. The van der Waals surface area contributed by atoms with Gasteiger partial charge in [-0.3, -0.25) is 9.36 Å².